The van der Waals surface area contributed by atoms with Crippen molar-refractivity contribution in [2.75, 3.05) is 44.7 Å². The summed E-state index contributed by atoms with van der Waals surface area (Å²) in [5, 5.41) is 12.6. The summed E-state index contributed by atoms with van der Waals surface area (Å²) in [6.07, 6.45) is 0.699. The number of likely N-dealkylation sites (N-methyl/N-ethyl adjacent to an activating group) is 1. The van der Waals surface area contributed by atoms with E-state index in [4.69, 9.17) is 0 Å². The van der Waals surface area contributed by atoms with Gasteiger partial charge in [-0.2, -0.15) is 5.26 Å². The van der Waals surface area contributed by atoms with Crippen LogP contribution in [-0.4, -0.2) is 81.0 Å². The quantitative estimate of drug-likeness (QED) is 0.570. The molecular weight excluding hydrogens is 314 g/mol. The van der Waals surface area contributed by atoms with Crippen LogP contribution in [0.5, 0.6) is 0 Å². The van der Waals surface area contributed by atoms with Crippen LogP contribution in [0.4, 0.5) is 0 Å². The molecule has 2 unspecified atom stereocenters. The van der Waals surface area contributed by atoms with Crippen LogP contribution in [0.15, 0.2) is 4.99 Å². The molecule has 0 spiro atoms. The van der Waals surface area contributed by atoms with Crippen LogP contribution in [0.2, 0.25) is 0 Å². The Morgan fingerprint density at radius 2 is 2.17 bits per heavy atom. The zero-order valence-electron chi connectivity index (χ0n) is 14.2. The fraction of sp³-hybridized carbons (Fsp3) is 0.867. The summed E-state index contributed by atoms with van der Waals surface area (Å²) in [5.41, 5.74) is 0. The molecule has 8 heteroatoms. The smallest absolute Gasteiger partial charge is 0.194 e. The Balaban J connectivity index is 2.04. The van der Waals surface area contributed by atoms with Gasteiger partial charge in [-0.1, -0.05) is 0 Å². The molecule has 2 aliphatic heterocycles. The van der Waals surface area contributed by atoms with Gasteiger partial charge in [0.25, 0.3) is 0 Å². The van der Waals surface area contributed by atoms with Crippen LogP contribution in [-0.2, 0) is 9.84 Å². The molecule has 0 amide bonds. The molecule has 2 heterocycles. The largest absolute Gasteiger partial charge is 0.354 e. The maximum atomic E-state index is 11.6. The van der Waals surface area contributed by atoms with Crippen molar-refractivity contribution in [2.45, 2.75) is 32.4 Å². The first-order valence-electron chi connectivity index (χ1n) is 8.17. The van der Waals surface area contributed by atoms with E-state index >= 15 is 0 Å². The van der Waals surface area contributed by atoms with Crippen molar-refractivity contribution in [3.63, 3.8) is 0 Å². The zero-order chi connectivity index (χ0) is 17.0. The van der Waals surface area contributed by atoms with Gasteiger partial charge in [-0.25, -0.2) is 8.42 Å². The number of hydrogen-bond acceptors (Lipinski definition) is 5. The van der Waals surface area contributed by atoms with Gasteiger partial charge in [0.15, 0.2) is 15.8 Å². The molecule has 0 aliphatic carbocycles. The van der Waals surface area contributed by atoms with E-state index < -0.39 is 9.84 Å². The second kappa shape index (κ2) is 7.49. The third-order valence-corrected chi connectivity index (χ3v) is 6.18. The average Bonchev–Trinajstić information content (AvgIpc) is 2.83. The molecule has 2 saturated heterocycles. The second-order valence-electron chi connectivity index (χ2n) is 6.80. The maximum absolute atomic E-state index is 11.6. The minimum absolute atomic E-state index is 0.114. The third-order valence-electron chi connectivity index (χ3n) is 4.34. The minimum Gasteiger partial charge on any atom is -0.354 e. The molecule has 7 nitrogen and oxygen atoms in total. The fourth-order valence-corrected chi connectivity index (χ4v) is 4.78. The summed E-state index contributed by atoms with van der Waals surface area (Å²) in [6.45, 7) is 6.87. The van der Waals surface area contributed by atoms with Gasteiger partial charge < -0.3 is 10.2 Å². The molecular formula is C15H27N5O2S. The predicted octanol–water partition coefficient (Wildman–Crippen LogP) is -0.0853. The van der Waals surface area contributed by atoms with Crippen LogP contribution >= 0.6 is 0 Å². The summed E-state index contributed by atoms with van der Waals surface area (Å²) >= 11 is 0. The first kappa shape index (κ1) is 18.0. The van der Waals surface area contributed by atoms with Crippen molar-refractivity contribution < 1.29 is 8.42 Å². The van der Waals surface area contributed by atoms with E-state index in [1.165, 1.54) is 0 Å². The Morgan fingerprint density at radius 1 is 1.43 bits per heavy atom. The molecule has 1 N–H and O–H groups in total. The molecule has 2 fully saturated rings. The molecule has 0 bridgehead atoms. The molecule has 0 saturated carbocycles. The molecule has 2 rings (SSSR count). The Hall–Kier alpha value is -1.33. The first-order chi connectivity index (χ1) is 10.8. The number of piperazine rings is 1. The number of rotatable bonds is 3. The number of hydrogen-bond donors (Lipinski definition) is 1. The summed E-state index contributed by atoms with van der Waals surface area (Å²) in [4.78, 5) is 8.83. The SMILES string of the molecule is CC(C)NC(=NCC1CCS(=O)(=O)C1)N1CCN(C)C(C#N)C1. The highest BCUT2D eigenvalue weighted by Crippen LogP contribution is 2.18. The number of nitrogens with one attached hydrogen (secondary N) is 1. The van der Waals surface area contributed by atoms with Gasteiger partial charge in [-0.05, 0) is 33.2 Å². The van der Waals surface area contributed by atoms with Crippen molar-refractivity contribution >= 4 is 15.8 Å². The van der Waals surface area contributed by atoms with E-state index in [9.17, 15) is 13.7 Å². The van der Waals surface area contributed by atoms with E-state index in [-0.39, 0.29) is 29.5 Å². The van der Waals surface area contributed by atoms with Crippen molar-refractivity contribution in [1.29, 1.82) is 5.26 Å². The molecule has 130 valence electrons. The number of aliphatic imine (C=N–C) groups is 1. The van der Waals surface area contributed by atoms with Crippen molar-refractivity contribution in [2.24, 2.45) is 10.9 Å². The van der Waals surface area contributed by atoms with Crippen LogP contribution in [0.25, 0.3) is 0 Å². The predicted molar refractivity (Wildman–Crippen MR) is 90.9 cm³/mol. The number of nitrogens with zero attached hydrogens (tertiary/aromatic N) is 4. The fourth-order valence-electron chi connectivity index (χ4n) is 2.93. The summed E-state index contributed by atoms with van der Waals surface area (Å²) in [6, 6.07) is 2.42. The maximum Gasteiger partial charge on any atom is 0.194 e. The van der Waals surface area contributed by atoms with Crippen molar-refractivity contribution in [1.82, 2.24) is 15.1 Å². The van der Waals surface area contributed by atoms with Gasteiger partial charge in [-0.3, -0.25) is 9.89 Å². The molecule has 2 atom stereocenters. The lowest BCUT2D eigenvalue weighted by Gasteiger charge is -2.38. The van der Waals surface area contributed by atoms with E-state index in [0.717, 1.165) is 19.0 Å². The highest BCUT2D eigenvalue weighted by molar-refractivity contribution is 7.91. The van der Waals surface area contributed by atoms with Crippen LogP contribution in [0, 0.1) is 17.2 Å². The number of nitriles is 1. The summed E-state index contributed by atoms with van der Waals surface area (Å²) in [7, 11) is -0.905. The zero-order valence-corrected chi connectivity index (χ0v) is 15.0. The Bertz CT molecular complexity index is 581. The highest BCUT2D eigenvalue weighted by Gasteiger charge is 2.29. The van der Waals surface area contributed by atoms with Crippen LogP contribution in [0.3, 0.4) is 0 Å². The first-order valence-corrected chi connectivity index (χ1v) is 9.99. The standard InChI is InChI=1S/C15H27N5O2S/c1-12(2)18-15(17-9-13-4-7-23(21,22)11-13)20-6-5-19(3)14(8-16)10-20/h12-14H,4-7,9-11H2,1-3H3,(H,17,18). The Kier molecular flexibility index (Phi) is 5.87. The van der Waals surface area contributed by atoms with Gasteiger partial charge in [0.2, 0.25) is 0 Å². The van der Waals surface area contributed by atoms with E-state index in [0.29, 0.717) is 19.5 Å². The monoisotopic (exact) mass is 341 g/mol. The lowest BCUT2D eigenvalue weighted by atomic mass is 10.1. The summed E-state index contributed by atoms with van der Waals surface area (Å²) < 4.78 is 23.1. The van der Waals surface area contributed by atoms with E-state index in [1.54, 1.807) is 0 Å². The molecule has 0 aromatic rings. The Morgan fingerprint density at radius 3 is 2.74 bits per heavy atom. The summed E-state index contributed by atoms with van der Waals surface area (Å²) in [5.74, 6) is 1.43. The second-order valence-corrected chi connectivity index (χ2v) is 9.03. The van der Waals surface area contributed by atoms with E-state index in [2.05, 4.69) is 21.3 Å². The minimum atomic E-state index is -2.86. The third kappa shape index (κ3) is 5.08. The Labute approximate surface area is 139 Å². The lowest BCUT2D eigenvalue weighted by Crippen LogP contribution is -2.56. The van der Waals surface area contributed by atoms with Gasteiger partial charge >= 0.3 is 0 Å². The normalized spacial score (nSPS) is 28.8. The van der Waals surface area contributed by atoms with Gasteiger partial charge in [0, 0.05) is 32.2 Å². The van der Waals surface area contributed by atoms with Crippen molar-refractivity contribution in [3.8, 4) is 6.07 Å². The molecule has 2 aliphatic rings. The molecule has 0 radical (unpaired) electrons. The topological polar surface area (TPSA) is 88.8 Å². The van der Waals surface area contributed by atoms with Crippen LogP contribution < -0.4 is 5.32 Å². The number of sulfone groups is 1. The molecule has 23 heavy (non-hydrogen) atoms. The van der Waals surface area contributed by atoms with Gasteiger partial charge in [0.05, 0.1) is 17.6 Å². The average molecular weight is 341 g/mol. The lowest BCUT2D eigenvalue weighted by molar-refractivity contribution is 0.171. The van der Waals surface area contributed by atoms with E-state index in [1.807, 2.05) is 25.8 Å². The van der Waals surface area contributed by atoms with Crippen molar-refractivity contribution in [3.05, 3.63) is 0 Å². The molecule has 0 aromatic heterocycles. The van der Waals surface area contributed by atoms with Gasteiger partial charge in [-0.15, -0.1) is 0 Å². The molecule has 0 aromatic carbocycles. The number of guanidine groups is 1. The van der Waals surface area contributed by atoms with Crippen LogP contribution in [0.1, 0.15) is 20.3 Å². The highest BCUT2D eigenvalue weighted by atomic mass is 32.2. The van der Waals surface area contributed by atoms with Gasteiger partial charge in [0.1, 0.15) is 6.04 Å².